The van der Waals surface area contributed by atoms with E-state index in [1.807, 2.05) is 36.5 Å². The molecule has 9 heteroatoms. The first kappa shape index (κ1) is 26.3. The smallest absolute Gasteiger partial charge is 0.255 e. The van der Waals surface area contributed by atoms with Gasteiger partial charge in [0.15, 0.2) is 0 Å². The number of pyridine rings is 1. The fourth-order valence-electron chi connectivity index (χ4n) is 5.42. The van der Waals surface area contributed by atoms with Crippen LogP contribution in [0.2, 0.25) is 5.02 Å². The molecule has 1 aromatic carbocycles. The average molecular weight is 536 g/mol. The van der Waals surface area contributed by atoms with Gasteiger partial charge in [0.05, 0.1) is 22.5 Å². The topological polar surface area (TPSA) is 88.5 Å². The maximum Gasteiger partial charge on any atom is 0.255 e. The van der Waals surface area contributed by atoms with Crippen LogP contribution in [0.15, 0.2) is 60.9 Å². The first-order chi connectivity index (χ1) is 18.5. The number of rotatable bonds is 3. The number of halogens is 1. The molecule has 1 saturated heterocycles. The third kappa shape index (κ3) is 6.03. The Morgan fingerprint density at radius 2 is 1.79 bits per heavy atom. The van der Waals surface area contributed by atoms with Crippen molar-refractivity contribution in [3.8, 4) is 11.6 Å². The predicted molar refractivity (Wildman–Crippen MR) is 147 cm³/mol. The highest BCUT2D eigenvalue weighted by molar-refractivity contribution is 6.30. The number of fused-ring (bicyclic) bond motifs is 1. The number of likely N-dealkylation sites (tertiary alicyclic amines) is 1. The molecular weight excluding hydrogens is 502 g/mol. The fraction of sp³-hybridized carbons (Fsp3) is 0.414. The van der Waals surface area contributed by atoms with Gasteiger partial charge in [-0.1, -0.05) is 30.2 Å². The Morgan fingerprint density at radius 3 is 2.61 bits per heavy atom. The number of piperidine rings is 1. The Morgan fingerprint density at radius 1 is 0.947 bits per heavy atom. The Hall–Kier alpha value is -3.36. The van der Waals surface area contributed by atoms with Crippen LogP contribution < -0.4 is 15.4 Å². The number of amides is 2. The van der Waals surface area contributed by atoms with Crippen molar-refractivity contribution in [1.82, 2.24) is 25.1 Å². The van der Waals surface area contributed by atoms with Crippen molar-refractivity contribution in [2.75, 3.05) is 32.8 Å². The summed E-state index contributed by atoms with van der Waals surface area (Å²) in [6.07, 6.45) is 7.80. The summed E-state index contributed by atoms with van der Waals surface area (Å²) in [5, 5.41) is 6.75. The Bertz CT molecular complexity index is 1250. The molecule has 1 fully saturated rings. The third-order valence-corrected chi connectivity index (χ3v) is 7.84. The standard InChI is InChI=1S/C29H34ClN5O3/c30-22-9-10-26(33-20-22)35-16-5-6-23(35)21-34-17-12-29(13-18-34)11-3-4-14-31-27(36)24-7-1-2-8-25(24)38-19-15-32-28(29)37/h1-2,5-10,16,20H,3-4,11-15,17-19,21H2,(H,31,36)(H,32,37). The second kappa shape index (κ2) is 12.0. The van der Waals surface area contributed by atoms with Crippen molar-refractivity contribution in [3.05, 3.63) is 77.2 Å². The van der Waals surface area contributed by atoms with Crippen molar-refractivity contribution in [1.29, 1.82) is 0 Å². The molecule has 200 valence electrons. The van der Waals surface area contributed by atoms with Crippen LogP contribution in [0.4, 0.5) is 0 Å². The number of carbonyl (C=O) groups excluding carboxylic acids is 2. The van der Waals surface area contributed by atoms with Crippen LogP contribution in [0.1, 0.15) is 48.2 Å². The minimum absolute atomic E-state index is 0.115. The van der Waals surface area contributed by atoms with Gasteiger partial charge >= 0.3 is 0 Å². The number of nitrogens with zero attached hydrogens (tertiary/aromatic N) is 3. The van der Waals surface area contributed by atoms with Gasteiger partial charge in [-0.3, -0.25) is 14.5 Å². The van der Waals surface area contributed by atoms with E-state index in [2.05, 4.69) is 31.2 Å². The van der Waals surface area contributed by atoms with E-state index in [4.69, 9.17) is 16.3 Å². The van der Waals surface area contributed by atoms with Crippen LogP contribution in [0.5, 0.6) is 5.75 Å². The van der Waals surface area contributed by atoms with Crippen molar-refractivity contribution in [3.63, 3.8) is 0 Å². The molecule has 5 rings (SSSR count). The van der Waals surface area contributed by atoms with E-state index in [0.717, 1.165) is 63.3 Å². The highest BCUT2D eigenvalue weighted by Crippen LogP contribution is 2.37. The number of aromatic nitrogens is 2. The van der Waals surface area contributed by atoms with E-state index in [1.165, 1.54) is 0 Å². The highest BCUT2D eigenvalue weighted by Gasteiger charge is 2.40. The van der Waals surface area contributed by atoms with Crippen molar-refractivity contribution < 1.29 is 14.3 Å². The lowest BCUT2D eigenvalue weighted by Gasteiger charge is -2.41. The molecule has 2 amide bonds. The second-order valence-electron chi connectivity index (χ2n) is 10.1. The lowest BCUT2D eigenvalue weighted by atomic mass is 9.73. The zero-order valence-electron chi connectivity index (χ0n) is 21.5. The van der Waals surface area contributed by atoms with E-state index in [1.54, 1.807) is 18.3 Å². The monoisotopic (exact) mass is 535 g/mol. The number of carbonyl (C=O) groups is 2. The first-order valence-corrected chi connectivity index (χ1v) is 13.7. The van der Waals surface area contributed by atoms with Gasteiger partial charge in [0.25, 0.3) is 5.91 Å². The van der Waals surface area contributed by atoms with Crippen LogP contribution >= 0.6 is 11.6 Å². The first-order valence-electron chi connectivity index (χ1n) is 13.3. The van der Waals surface area contributed by atoms with Crippen molar-refractivity contribution in [2.24, 2.45) is 5.41 Å². The van der Waals surface area contributed by atoms with E-state index >= 15 is 0 Å². The van der Waals surface area contributed by atoms with Gasteiger partial charge in [0, 0.05) is 31.2 Å². The van der Waals surface area contributed by atoms with Crippen LogP contribution in [0, 0.1) is 5.41 Å². The van der Waals surface area contributed by atoms with Crippen molar-refractivity contribution in [2.45, 2.75) is 38.6 Å². The summed E-state index contributed by atoms with van der Waals surface area (Å²) in [5.41, 5.74) is 1.28. The molecule has 2 aromatic heterocycles. The molecule has 3 aromatic rings. The molecule has 0 radical (unpaired) electrons. The zero-order valence-corrected chi connectivity index (χ0v) is 22.3. The number of nitrogens with one attached hydrogen (secondary N) is 2. The van der Waals surface area contributed by atoms with E-state index in [0.29, 0.717) is 36.0 Å². The van der Waals surface area contributed by atoms with E-state index < -0.39 is 5.41 Å². The minimum Gasteiger partial charge on any atom is -0.491 e. The Labute approximate surface area is 228 Å². The van der Waals surface area contributed by atoms with Gasteiger partial charge in [-0.25, -0.2) is 4.98 Å². The predicted octanol–water partition coefficient (Wildman–Crippen LogP) is 4.22. The molecule has 2 N–H and O–H groups in total. The lowest BCUT2D eigenvalue weighted by Crippen LogP contribution is -2.49. The largest absolute Gasteiger partial charge is 0.491 e. The highest BCUT2D eigenvalue weighted by atomic mass is 35.5. The number of hydrogen-bond acceptors (Lipinski definition) is 5. The van der Waals surface area contributed by atoms with Gasteiger partial charge in [0.1, 0.15) is 18.2 Å². The summed E-state index contributed by atoms with van der Waals surface area (Å²) < 4.78 is 7.94. The molecule has 0 unspecified atom stereocenters. The van der Waals surface area contributed by atoms with Gasteiger partial charge in [-0.15, -0.1) is 0 Å². The number of ether oxygens (including phenoxy) is 1. The molecular formula is C29H34ClN5O3. The summed E-state index contributed by atoms with van der Waals surface area (Å²) >= 11 is 6.01. The van der Waals surface area contributed by atoms with Crippen LogP contribution in [-0.4, -0.2) is 59.1 Å². The Kier molecular flexibility index (Phi) is 8.29. The summed E-state index contributed by atoms with van der Waals surface area (Å²) in [7, 11) is 0. The molecule has 0 saturated carbocycles. The molecule has 38 heavy (non-hydrogen) atoms. The molecule has 0 aliphatic carbocycles. The second-order valence-corrected chi connectivity index (χ2v) is 10.5. The van der Waals surface area contributed by atoms with Gasteiger partial charge < -0.3 is 19.9 Å². The number of benzene rings is 1. The lowest BCUT2D eigenvalue weighted by molar-refractivity contribution is -0.134. The SMILES string of the molecule is O=C1NCCCCC2(CCN(Cc3cccn3-c3ccc(Cl)cn3)CC2)C(=O)NCCOc2ccccc21. The van der Waals surface area contributed by atoms with Gasteiger partial charge in [0.2, 0.25) is 5.91 Å². The van der Waals surface area contributed by atoms with Gasteiger partial charge in [-0.2, -0.15) is 0 Å². The number of para-hydroxylation sites is 1. The molecule has 1 spiro atoms. The maximum atomic E-state index is 13.5. The normalized spacial score (nSPS) is 19.1. The molecule has 0 atom stereocenters. The van der Waals surface area contributed by atoms with Crippen LogP contribution in [0.25, 0.3) is 5.82 Å². The summed E-state index contributed by atoms with van der Waals surface area (Å²) in [4.78, 5) is 33.0. The summed E-state index contributed by atoms with van der Waals surface area (Å²) in [6, 6.07) is 15.1. The fourth-order valence-corrected chi connectivity index (χ4v) is 5.53. The van der Waals surface area contributed by atoms with E-state index in [-0.39, 0.29) is 11.8 Å². The van der Waals surface area contributed by atoms with Gasteiger partial charge in [-0.05, 0) is 75.2 Å². The summed E-state index contributed by atoms with van der Waals surface area (Å²) in [6.45, 7) is 3.76. The minimum atomic E-state index is -0.401. The number of hydrogen-bond donors (Lipinski definition) is 2. The average Bonchev–Trinajstić information content (AvgIpc) is 3.40. The summed E-state index contributed by atoms with van der Waals surface area (Å²) in [5.74, 6) is 1.37. The molecule has 2 aliphatic rings. The third-order valence-electron chi connectivity index (χ3n) is 7.62. The Balaban J connectivity index is 1.22. The van der Waals surface area contributed by atoms with E-state index in [9.17, 15) is 9.59 Å². The van der Waals surface area contributed by atoms with Crippen LogP contribution in [-0.2, 0) is 11.3 Å². The molecule has 2 aliphatic heterocycles. The molecule has 4 heterocycles. The maximum absolute atomic E-state index is 13.5. The van der Waals surface area contributed by atoms with Crippen LogP contribution in [0.3, 0.4) is 0 Å². The molecule has 8 nitrogen and oxygen atoms in total. The quantitative estimate of drug-likeness (QED) is 0.524. The zero-order chi connectivity index (χ0) is 26.4. The molecule has 0 bridgehead atoms. The van der Waals surface area contributed by atoms with Crippen molar-refractivity contribution >= 4 is 23.4 Å².